The van der Waals surface area contributed by atoms with Gasteiger partial charge in [-0.1, -0.05) is 36.8 Å². The highest BCUT2D eigenvalue weighted by molar-refractivity contribution is 6.05. The van der Waals surface area contributed by atoms with Gasteiger partial charge in [-0.25, -0.2) is 5.01 Å². The molecular formula is C27H33N3O5. The van der Waals surface area contributed by atoms with Gasteiger partial charge < -0.3 is 14.2 Å². The number of carbonyl (C=O) groups excluding carboxylic acids is 2. The maximum Gasteiger partial charge on any atom is 0.323 e. The fourth-order valence-electron chi connectivity index (χ4n) is 4.81. The first-order chi connectivity index (χ1) is 17.0. The summed E-state index contributed by atoms with van der Waals surface area (Å²) in [6.07, 6.45) is 3.15. The van der Waals surface area contributed by atoms with Crippen molar-refractivity contribution in [1.29, 1.82) is 0 Å². The molecule has 35 heavy (non-hydrogen) atoms. The molecule has 0 N–H and O–H groups in total. The molecule has 4 rings (SSSR count). The standard InChI is InChI=1S/C27H33N3O5/c1-4-35-27(32)23-12-8-9-15-29(23)18-26(31)30-24(19-10-6-5-7-11-19)17-22(28-30)21-14-13-20(33-2)16-25(21)34-3/h5-7,10-11,13-14,16,23-24H,4,8-9,12,15,17-18H2,1-3H3/t23-,24-/m1/s1. The van der Waals surface area contributed by atoms with Crippen LogP contribution in [0.3, 0.4) is 0 Å². The van der Waals surface area contributed by atoms with Crippen LogP contribution in [-0.4, -0.2) is 67.5 Å². The number of hydrazone groups is 1. The Morgan fingerprint density at radius 3 is 2.57 bits per heavy atom. The molecule has 1 saturated heterocycles. The molecule has 0 radical (unpaired) electrons. The molecule has 0 bridgehead atoms. The summed E-state index contributed by atoms with van der Waals surface area (Å²) in [6, 6.07) is 14.9. The van der Waals surface area contributed by atoms with Gasteiger partial charge in [0, 0.05) is 18.1 Å². The smallest absolute Gasteiger partial charge is 0.323 e. The number of rotatable bonds is 8. The van der Waals surface area contributed by atoms with E-state index in [0.29, 0.717) is 37.5 Å². The van der Waals surface area contributed by atoms with Crippen molar-refractivity contribution in [2.24, 2.45) is 5.10 Å². The lowest BCUT2D eigenvalue weighted by Crippen LogP contribution is -2.49. The molecule has 0 spiro atoms. The zero-order valence-corrected chi connectivity index (χ0v) is 20.6. The predicted octanol–water partition coefficient (Wildman–Crippen LogP) is 3.80. The summed E-state index contributed by atoms with van der Waals surface area (Å²) in [6.45, 7) is 2.93. The van der Waals surface area contributed by atoms with E-state index in [9.17, 15) is 9.59 Å². The van der Waals surface area contributed by atoms with Gasteiger partial charge in [0.2, 0.25) is 0 Å². The van der Waals surface area contributed by atoms with Gasteiger partial charge in [0.05, 0.1) is 39.1 Å². The monoisotopic (exact) mass is 479 g/mol. The molecule has 1 fully saturated rings. The average molecular weight is 480 g/mol. The van der Waals surface area contributed by atoms with E-state index in [4.69, 9.17) is 19.3 Å². The fraction of sp³-hybridized carbons (Fsp3) is 0.444. The largest absolute Gasteiger partial charge is 0.497 e. The van der Waals surface area contributed by atoms with Crippen LogP contribution in [0.4, 0.5) is 0 Å². The Bertz CT molecular complexity index is 1070. The lowest BCUT2D eigenvalue weighted by molar-refractivity contribution is -0.152. The lowest BCUT2D eigenvalue weighted by atomic mass is 9.97. The highest BCUT2D eigenvalue weighted by atomic mass is 16.5. The molecule has 2 aromatic rings. The molecular weight excluding hydrogens is 446 g/mol. The number of carbonyl (C=O) groups is 2. The van der Waals surface area contributed by atoms with Crippen molar-refractivity contribution in [3.8, 4) is 11.5 Å². The number of esters is 1. The van der Waals surface area contributed by atoms with Crippen LogP contribution in [0, 0.1) is 0 Å². The SMILES string of the molecule is CCOC(=O)[C@H]1CCCCN1CC(=O)N1N=C(c2ccc(OC)cc2OC)C[C@@H]1c1ccccc1. The normalized spacial score (nSPS) is 20.3. The molecule has 2 aromatic carbocycles. The summed E-state index contributed by atoms with van der Waals surface area (Å²) in [5.41, 5.74) is 2.60. The molecule has 0 unspecified atom stereocenters. The van der Waals surface area contributed by atoms with Gasteiger partial charge in [0.1, 0.15) is 17.5 Å². The van der Waals surface area contributed by atoms with Crippen molar-refractivity contribution in [3.05, 3.63) is 59.7 Å². The zero-order chi connectivity index (χ0) is 24.8. The molecule has 186 valence electrons. The highest BCUT2D eigenvalue weighted by Crippen LogP contribution is 2.36. The summed E-state index contributed by atoms with van der Waals surface area (Å²) in [4.78, 5) is 28.1. The van der Waals surface area contributed by atoms with Crippen LogP contribution in [0.2, 0.25) is 0 Å². The van der Waals surface area contributed by atoms with Crippen LogP contribution in [-0.2, 0) is 14.3 Å². The van der Waals surface area contributed by atoms with E-state index >= 15 is 0 Å². The van der Waals surface area contributed by atoms with E-state index in [0.717, 1.165) is 29.7 Å². The van der Waals surface area contributed by atoms with Gasteiger partial charge in [-0.3, -0.25) is 14.5 Å². The molecule has 2 aliphatic rings. The van der Waals surface area contributed by atoms with Gasteiger partial charge in [-0.05, 0) is 44.0 Å². The van der Waals surface area contributed by atoms with E-state index in [1.54, 1.807) is 26.2 Å². The van der Waals surface area contributed by atoms with Crippen LogP contribution >= 0.6 is 0 Å². The minimum atomic E-state index is -0.393. The van der Waals surface area contributed by atoms with Gasteiger partial charge in [0.15, 0.2) is 0 Å². The Balaban J connectivity index is 1.62. The first-order valence-corrected chi connectivity index (χ1v) is 12.1. The van der Waals surface area contributed by atoms with Crippen molar-refractivity contribution in [2.75, 3.05) is 33.9 Å². The molecule has 1 amide bonds. The molecule has 0 saturated carbocycles. The highest BCUT2D eigenvalue weighted by Gasteiger charge is 2.37. The molecule has 2 aliphatic heterocycles. The van der Waals surface area contributed by atoms with Crippen LogP contribution in [0.15, 0.2) is 53.6 Å². The lowest BCUT2D eigenvalue weighted by Gasteiger charge is -2.34. The molecule has 2 atom stereocenters. The van der Waals surface area contributed by atoms with Gasteiger partial charge in [0.25, 0.3) is 5.91 Å². The summed E-state index contributed by atoms with van der Waals surface area (Å²) in [5, 5.41) is 6.36. The third-order valence-corrected chi connectivity index (χ3v) is 6.58. The Hall–Kier alpha value is -3.39. The Kier molecular flexibility index (Phi) is 8.02. The third-order valence-electron chi connectivity index (χ3n) is 6.58. The molecule has 2 heterocycles. The minimum absolute atomic E-state index is 0.114. The maximum absolute atomic E-state index is 13.6. The summed E-state index contributed by atoms with van der Waals surface area (Å²) in [5.74, 6) is 0.931. The topological polar surface area (TPSA) is 80.7 Å². The van der Waals surface area contributed by atoms with Crippen molar-refractivity contribution in [1.82, 2.24) is 9.91 Å². The van der Waals surface area contributed by atoms with Crippen molar-refractivity contribution in [2.45, 2.75) is 44.7 Å². The van der Waals surface area contributed by atoms with Crippen molar-refractivity contribution < 1.29 is 23.8 Å². The first kappa shape index (κ1) is 24.7. The molecule has 8 heteroatoms. The average Bonchev–Trinajstić information content (AvgIpc) is 3.35. The molecule has 0 aliphatic carbocycles. The van der Waals surface area contributed by atoms with Crippen LogP contribution in [0.25, 0.3) is 0 Å². The Morgan fingerprint density at radius 1 is 1.06 bits per heavy atom. The van der Waals surface area contributed by atoms with E-state index in [1.165, 1.54) is 0 Å². The quantitative estimate of drug-likeness (QED) is 0.536. The number of benzene rings is 2. The van der Waals surface area contributed by atoms with Crippen LogP contribution in [0.1, 0.15) is 49.8 Å². The van der Waals surface area contributed by atoms with Gasteiger partial charge in [-0.2, -0.15) is 5.10 Å². The predicted molar refractivity (Wildman–Crippen MR) is 133 cm³/mol. The zero-order valence-electron chi connectivity index (χ0n) is 20.6. The Labute approximate surface area is 206 Å². The van der Waals surface area contributed by atoms with E-state index in [1.807, 2.05) is 53.4 Å². The van der Waals surface area contributed by atoms with Gasteiger partial charge in [-0.15, -0.1) is 0 Å². The van der Waals surface area contributed by atoms with Crippen LogP contribution < -0.4 is 9.47 Å². The summed E-state index contributed by atoms with van der Waals surface area (Å²) < 4.78 is 16.2. The Morgan fingerprint density at radius 2 is 1.86 bits per heavy atom. The van der Waals surface area contributed by atoms with E-state index in [2.05, 4.69) is 0 Å². The number of likely N-dealkylation sites (tertiary alicyclic amines) is 1. The summed E-state index contributed by atoms with van der Waals surface area (Å²) >= 11 is 0. The maximum atomic E-state index is 13.6. The van der Waals surface area contributed by atoms with E-state index in [-0.39, 0.29) is 24.5 Å². The van der Waals surface area contributed by atoms with Crippen molar-refractivity contribution >= 4 is 17.6 Å². The third kappa shape index (κ3) is 5.48. The second-order valence-corrected chi connectivity index (χ2v) is 8.72. The fourth-order valence-corrected chi connectivity index (χ4v) is 4.81. The van der Waals surface area contributed by atoms with Crippen molar-refractivity contribution in [3.63, 3.8) is 0 Å². The number of piperidine rings is 1. The minimum Gasteiger partial charge on any atom is -0.497 e. The molecule has 8 nitrogen and oxygen atoms in total. The first-order valence-electron chi connectivity index (χ1n) is 12.1. The number of hydrogen-bond acceptors (Lipinski definition) is 7. The number of ether oxygens (including phenoxy) is 3. The number of methoxy groups -OCH3 is 2. The second-order valence-electron chi connectivity index (χ2n) is 8.72. The summed E-state index contributed by atoms with van der Waals surface area (Å²) in [7, 11) is 3.22. The number of amides is 1. The van der Waals surface area contributed by atoms with Gasteiger partial charge >= 0.3 is 5.97 Å². The van der Waals surface area contributed by atoms with Crippen LogP contribution in [0.5, 0.6) is 11.5 Å². The molecule has 0 aromatic heterocycles. The number of hydrogen-bond donors (Lipinski definition) is 0. The van der Waals surface area contributed by atoms with E-state index < -0.39 is 6.04 Å². The number of nitrogens with zero attached hydrogens (tertiary/aromatic N) is 3. The second kappa shape index (κ2) is 11.4.